The van der Waals surface area contributed by atoms with Crippen molar-refractivity contribution in [2.75, 3.05) is 39.8 Å². The molecule has 1 spiro atoms. The molecule has 0 bridgehead atoms. The van der Waals surface area contributed by atoms with Crippen LogP contribution in [0.5, 0.6) is 0 Å². The van der Waals surface area contributed by atoms with E-state index >= 15 is 0 Å². The second-order valence-electron chi connectivity index (χ2n) is 6.45. The highest BCUT2D eigenvalue weighted by Gasteiger charge is 2.41. The Hall–Kier alpha value is -1.48. The van der Waals surface area contributed by atoms with E-state index in [0.717, 1.165) is 31.7 Å². The number of hydrogen-bond donors (Lipinski definition) is 1. The highest BCUT2D eigenvalue weighted by Crippen LogP contribution is 2.21. The van der Waals surface area contributed by atoms with Crippen LogP contribution in [0, 0.1) is 6.92 Å². The van der Waals surface area contributed by atoms with Crippen LogP contribution in [0.25, 0.3) is 0 Å². The van der Waals surface area contributed by atoms with E-state index < -0.39 is 16.1 Å². The first kappa shape index (κ1) is 16.4. The van der Waals surface area contributed by atoms with E-state index in [4.69, 9.17) is 0 Å². The Bertz CT molecular complexity index is 707. The van der Waals surface area contributed by atoms with Gasteiger partial charge in [0.2, 0.25) is 10.0 Å². The van der Waals surface area contributed by atoms with Gasteiger partial charge in [-0.3, -0.25) is 4.90 Å². The van der Waals surface area contributed by atoms with Gasteiger partial charge in [0.15, 0.2) is 0 Å². The average molecular weight is 338 g/mol. The van der Waals surface area contributed by atoms with Gasteiger partial charge in [-0.05, 0) is 26.1 Å². The van der Waals surface area contributed by atoms with Crippen LogP contribution in [0.4, 0.5) is 0 Å². The van der Waals surface area contributed by atoms with Gasteiger partial charge in [-0.25, -0.2) is 8.42 Å². The Kier molecular flexibility index (Phi) is 4.18. The van der Waals surface area contributed by atoms with E-state index in [1.807, 2.05) is 14.0 Å². The summed E-state index contributed by atoms with van der Waals surface area (Å²) in [6.07, 6.45) is 0. The van der Waals surface area contributed by atoms with Gasteiger partial charge in [0.05, 0.1) is 4.90 Å². The van der Waals surface area contributed by atoms with Gasteiger partial charge in [-0.2, -0.15) is 9.31 Å². The maximum Gasteiger partial charge on any atom is 0.241 e. The minimum absolute atomic E-state index is 0.174. The summed E-state index contributed by atoms with van der Waals surface area (Å²) in [7, 11) is -1.68. The van der Waals surface area contributed by atoms with Crippen molar-refractivity contribution < 1.29 is 18.1 Å². The van der Waals surface area contributed by atoms with E-state index in [0.29, 0.717) is 11.1 Å². The van der Waals surface area contributed by atoms with Crippen LogP contribution in [0.15, 0.2) is 34.3 Å². The minimum Gasteiger partial charge on any atom is -0.857 e. The summed E-state index contributed by atoms with van der Waals surface area (Å²) in [6, 6.07) is 5.81. The fourth-order valence-corrected chi connectivity index (χ4v) is 4.20. The number of sulfonamides is 1. The molecule has 1 aromatic carbocycles. The first-order valence-corrected chi connectivity index (χ1v) is 9.19. The molecule has 23 heavy (non-hydrogen) atoms. The number of aryl methyl sites for hydroxylation is 1. The summed E-state index contributed by atoms with van der Waals surface area (Å²) in [5.41, 5.74) is 0.984. The highest BCUT2D eigenvalue weighted by atomic mass is 32.2. The molecule has 1 atom stereocenters. The normalized spacial score (nSPS) is 24.8. The van der Waals surface area contributed by atoms with Crippen molar-refractivity contribution >= 4 is 15.9 Å². The average Bonchev–Trinajstić information content (AvgIpc) is 2.78. The summed E-state index contributed by atoms with van der Waals surface area (Å²) >= 11 is 0. The van der Waals surface area contributed by atoms with Crippen LogP contribution in [-0.4, -0.2) is 69.6 Å². The Morgan fingerprint density at radius 3 is 2.48 bits per heavy atom. The molecule has 0 aliphatic carbocycles. The standard InChI is InChI=1S/C15H22N4O3S/c1-12-3-5-13(6-4-12)23(21,22)17-14-11-19(16-15(14)20)9-7-18(2)8-10-19/h3-6,14,17H,7-11H2,1-2H3. The van der Waals surface area contributed by atoms with Crippen LogP contribution in [0.2, 0.25) is 0 Å². The number of nitrogens with one attached hydrogen (secondary N) is 1. The van der Waals surface area contributed by atoms with Crippen molar-refractivity contribution in [1.29, 1.82) is 0 Å². The van der Waals surface area contributed by atoms with Crippen molar-refractivity contribution in [1.82, 2.24) is 9.62 Å². The van der Waals surface area contributed by atoms with E-state index in [2.05, 4.69) is 14.7 Å². The number of benzene rings is 1. The van der Waals surface area contributed by atoms with Crippen molar-refractivity contribution in [3.05, 3.63) is 29.8 Å². The smallest absolute Gasteiger partial charge is 0.241 e. The van der Waals surface area contributed by atoms with Gasteiger partial charge in [-0.1, -0.05) is 17.7 Å². The van der Waals surface area contributed by atoms with E-state index in [-0.39, 0.29) is 10.8 Å². The molecule has 1 aromatic rings. The Labute approximate surface area is 136 Å². The predicted molar refractivity (Wildman–Crippen MR) is 85.1 cm³/mol. The molecule has 7 nitrogen and oxygen atoms in total. The molecule has 3 rings (SSSR count). The third kappa shape index (κ3) is 3.40. The quantitative estimate of drug-likeness (QED) is 0.723. The van der Waals surface area contributed by atoms with Crippen LogP contribution in [0.1, 0.15) is 5.56 Å². The number of hydrogen-bond acceptors (Lipinski definition) is 5. The van der Waals surface area contributed by atoms with Crippen LogP contribution in [0.3, 0.4) is 0 Å². The summed E-state index contributed by atoms with van der Waals surface area (Å²) in [4.78, 5) is 2.36. The maximum absolute atomic E-state index is 12.4. The second kappa shape index (κ2) is 5.86. The van der Waals surface area contributed by atoms with E-state index in [1.165, 1.54) is 0 Å². The predicted octanol–water partition coefficient (Wildman–Crippen LogP) is -0.908. The second-order valence-corrected chi connectivity index (χ2v) is 8.17. The number of likely N-dealkylation sites (N-methyl/N-ethyl adjacent to an activating group) is 1. The minimum atomic E-state index is -3.71. The number of quaternary nitrogens is 1. The molecular formula is C15H22N4O3S. The molecule has 0 amide bonds. The molecule has 0 aromatic heterocycles. The molecule has 8 heteroatoms. The van der Waals surface area contributed by atoms with Crippen LogP contribution < -0.4 is 9.83 Å². The Morgan fingerprint density at radius 1 is 1.26 bits per heavy atom. The summed E-state index contributed by atoms with van der Waals surface area (Å²) in [5.74, 6) is -0.370. The first-order chi connectivity index (χ1) is 10.8. The monoisotopic (exact) mass is 338 g/mol. The molecule has 2 aliphatic rings. The number of rotatable bonds is 3. The lowest BCUT2D eigenvalue weighted by molar-refractivity contribution is -0.933. The van der Waals surface area contributed by atoms with E-state index in [9.17, 15) is 13.5 Å². The fourth-order valence-electron chi connectivity index (χ4n) is 3.02. The molecule has 0 saturated carbocycles. The lowest BCUT2D eigenvalue weighted by Gasteiger charge is -2.36. The van der Waals surface area contributed by atoms with Crippen molar-refractivity contribution in [3.8, 4) is 0 Å². The van der Waals surface area contributed by atoms with Gasteiger partial charge >= 0.3 is 0 Å². The Morgan fingerprint density at radius 2 is 1.87 bits per heavy atom. The van der Waals surface area contributed by atoms with Crippen molar-refractivity contribution in [2.45, 2.75) is 17.9 Å². The number of piperazine rings is 1. The molecule has 126 valence electrons. The largest absolute Gasteiger partial charge is 0.857 e. The van der Waals surface area contributed by atoms with Crippen LogP contribution >= 0.6 is 0 Å². The Balaban J connectivity index is 1.74. The molecule has 1 fully saturated rings. The third-order valence-electron chi connectivity index (χ3n) is 4.56. The number of nitrogens with zero attached hydrogens (tertiary/aromatic N) is 3. The molecule has 1 unspecified atom stereocenters. The molecule has 1 N–H and O–H groups in total. The van der Waals surface area contributed by atoms with Gasteiger partial charge in [0, 0.05) is 19.0 Å². The van der Waals surface area contributed by atoms with Crippen LogP contribution in [-0.2, 0) is 10.0 Å². The molecule has 1 saturated heterocycles. The van der Waals surface area contributed by atoms with Crippen molar-refractivity contribution in [2.24, 2.45) is 5.10 Å². The summed E-state index contributed by atoms with van der Waals surface area (Å²) in [6.45, 7) is 5.49. The highest BCUT2D eigenvalue weighted by molar-refractivity contribution is 7.89. The molecule has 2 aliphatic heterocycles. The van der Waals surface area contributed by atoms with Gasteiger partial charge in [0.1, 0.15) is 25.7 Å². The van der Waals surface area contributed by atoms with Gasteiger partial charge in [0.25, 0.3) is 0 Å². The van der Waals surface area contributed by atoms with Gasteiger partial charge in [-0.15, -0.1) is 5.10 Å². The zero-order valence-corrected chi connectivity index (χ0v) is 14.2. The maximum atomic E-state index is 12.4. The molecular weight excluding hydrogens is 316 g/mol. The third-order valence-corrected chi connectivity index (χ3v) is 6.04. The lowest BCUT2D eigenvalue weighted by Crippen LogP contribution is -2.57. The van der Waals surface area contributed by atoms with Crippen molar-refractivity contribution in [3.63, 3.8) is 0 Å². The lowest BCUT2D eigenvalue weighted by atomic mass is 10.2. The SMILES string of the molecule is Cc1ccc(S(=O)(=O)NC2C[N+]3(CCN(C)CC3)N=C2[O-])cc1. The van der Waals surface area contributed by atoms with E-state index in [1.54, 1.807) is 24.3 Å². The zero-order valence-electron chi connectivity index (χ0n) is 13.4. The molecule has 2 heterocycles. The summed E-state index contributed by atoms with van der Waals surface area (Å²) < 4.78 is 27.8. The summed E-state index contributed by atoms with van der Waals surface area (Å²) in [5, 5.41) is 16.4. The first-order valence-electron chi connectivity index (χ1n) is 7.70. The fraction of sp³-hybridized carbons (Fsp3) is 0.533. The molecule has 0 radical (unpaired) electrons. The van der Waals surface area contributed by atoms with Gasteiger partial charge < -0.3 is 5.11 Å². The topological polar surface area (TPSA) is 84.8 Å². The zero-order chi connectivity index (χ0) is 16.7.